The molecule has 16 rings (SSSR count). The van der Waals surface area contributed by atoms with E-state index in [0.29, 0.717) is 45.4 Å². The van der Waals surface area contributed by atoms with Crippen molar-refractivity contribution in [1.29, 1.82) is 0 Å². The van der Waals surface area contributed by atoms with Crippen LogP contribution in [0, 0.1) is 12.1 Å². The zero-order valence-electron chi connectivity index (χ0n) is 71.7. The molecule has 0 radical (unpaired) electrons. The van der Waals surface area contributed by atoms with E-state index in [-0.39, 0.29) is 54.3 Å². The second kappa shape index (κ2) is 42.3. The topological polar surface area (TPSA) is 194 Å². The number of carbonyl (C=O) groups excluding carboxylic acids is 4. The number of fused-ring (bicyclic) bond motifs is 4. The van der Waals surface area contributed by atoms with Crippen molar-refractivity contribution in [3.63, 3.8) is 0 Å². The number of hydrogen-bond acceptors (Lipinski definition) is 10. The summed E-state index contributed by atoms with van der Waals surface area (Å²) >= 11 is 3.62. The number of para-hydroxylation sites is 4. The van der Waals surface area contributed by atoms with Gasteiger partial charge in [0.15, 0.2) is 0 Å². The lowest BCUT2D eigenvalue weighted by Crippen LogP contribution is -2.34. The summed E-state index contributed by atoms with van der Waals surface area (Å²) in [4.78, 5) is 76.5. The third-order valence-corrected chi connectivity index (χ3v) is 22.6. The maximum absolute atomic E-state index is 13.8. The van der Waals surface area contributed by atoms with Crippen LogP contribution in [0.2, 0.25) is 0 Å². The van der Waals surface area contributed by atoms with Crippen LogP contribution in [0.4, 0.5) is 0 Å². The summed E-state index contributed by atoms with van der Waals surface area (Å²) in [5.41, 5.74) is 20.7. The molecule has 4 unspecified atom stereocenters. The highest BCUT2D eigenvalue weighted by atomic mass is 79.9. The Labute approximate surface area is 736 Å². The number of amides is 4. The lowest BCUT2D eigenvalue weighted by molar-refractivity contribution is -0.853. The second-order valence-electron chi connectivity index (χ2n) is 31.4. The Morgan fingerprint density at radius 2 is 0.548 bits per heavy atom. The minimum atomic E-state index is -0.559. The maximum atomic E-state index is 13.8. The molecule has 4 aromatic heterocycles. The highest BCUT2D eigenvalue weighted by Gasteiger charge is 2.30. The van der Waals surface area contributed by atoms with Crippen molar-refractivity contribution in [2.45, 2.75) is 103 Å². The highest BCUT2D eigenvalue weighted by molar-refractivity contribution is 9.08. The Bertz CT molecular complexity index is 6290. The van der Waals surface area contributed by atoms with Crippen LogP contribution in [0.5, 0.6) is 0 Å². The predicted octanol–water partition coefficient (Wildman–Crippen LogP) is 24.5. The number of quaternary nitrogens is 1. The van der Waals surface area contributed by atoms with Crippen molar-refractivity contribution in [2.24, 2.45) is 0 Å². The minimum absolute atomic E-state index is 0.0322. The number of aromatic nitrogens is 4. The average molecular weight is 1700 g/mol. The normalized spacial score (nSPS) is 12.1. The highest BCUT2D eigenvalue weighted by Crippen LogP contribution is 2.38. The van der Waals surface area contributed by atoms with E-state index >= 15 is 0 Å². The maximum Gasteiger partial charge on any atom is 0.253 e. The van der Waals surface area contributed by atoms with E-state index in [4.69, 9.17) is 19.9 Å². The molecule has 0 aliphatic rings. The Hall–Kier alpha value is -13.5. The monoisotopic (exact) mass is 1700 g/mol. The Balaban J connectivity index is 0.000000142. The third-order valence-electron chi connectivity index (χ3n) is 22.0. The van der Waals surface area contributed by atoms with Gasteiger partial charge in [-0.1, -0.05) is 359 Å². The quantitative estimate of drug-likeness (QED) is 0.0243. The molecule has 4 atom stereocenters. The lowest BCUT2D eigenvalue weighted by Gasteiger charge is -2.35. The summed E-state index contributed by atoms with van der Waals surface area (Å²) < 4.78 is -0.559. The van der Waals surface area contributed by atoms with Gasteiger partial charge in [0, 0.05) is 72.4 Å². The fourth-order valence-corrected chi connectivity index (χ4v) is 16.5. The molecule has 4 heterocycles. The number of nitrogens with one attached hydrogen (secondary N) is 4. The zero-order valence-corrected chi connectivity index (χ0v) is 73.3. The molecule has 0 aliphatic heterocycles. The SMILES string of the molecule is CCC(NC(=O)c1c(C)c(-c2ccccc2)nc2ccccc12)c1ccccc1.CCC(NC(=O)c1c(CBr)c(-c2ccccc2)nc2ccccc12)c1ccccc1.CCC(NC(=O)c1c(CN(C)C)c(-c2ccccc2)nc2ccccc12)c1ccccc1.CCC(NC(=O)c1c(C[N+](C)(C)[O-])c(-c2ccccc2)nc2ccccc12)c1ccccc1. The van der Waals surface area contributed by atoms with Crippen LogP contribution in [0.3, 0.4) is 0 Å². The predicted molar refractivity (Wildman–Crippen MR) is 510 cm³/mol. The van der Waals surface area contributed by atoms with Crippen molar-refractivity contribution in [3.05, 3.63) is 412 Å². The standard InChI is InChI=1S/C28H29N3O2.C28H29N3O.C26H23BrN2O.C26H24N2O/c1-4-24(20-13-7-5-8-14-20)30-28(32)26-22-17-11-12-18-25(22)29-27(21-15-9-6-10-16-21)23(26)19-31(2,3)33;1-4-24(20-13-7-5-8-14-20)30-28(32)26-22-17-11-12-18-25(22)29-27(23(26)19-31(2)3)21-15-9-6-10-16-21;1-2-22(18-11-5-3-6-12-18)29-26(30)24-20-15-9-10-16-23(20)28-25(21(24)17-27)19-13-7-4-8-14-19;1-3-22(19-12-6-4-7-13-19)28-26(29)24-18(2)25(20-14-8-5-9-15-20)27-23-17-11-10-16-21(23)24/h5-18,24H,4,19H2,1-3H3,(H,30,32);5-18,24H,4,19H2,1-3H3,(H,30,32);3-16,22H,2,17H2,1H3,(H,29,30);4-17,22H,3H2,1-2H3,(H,28,29). The fourth-order valence-electron chi connectivity index (χ4n) is 16.0. The summed E-state index contributed by atoms with van der Waals surface area (Å²) in [6.45, 7) is 11.1. The number of pyridine rings is 4. The Morgan fingerprint density at radius 3 is 0.831 bits per heavy atom. The van der Waals surface area contributed by atoms with E-state index < -0.39 is 4.65 Å². The van der Waals surface area contributed by atoms with Gasteiger partial charge in [0.2, 0.25) is 0 Å². The van der Waals surface area contributed by atoms with Gasteiger partial charge in [0.1, 0.15) is 6.54 Å². The number of nitrogens with zero attached hydrogens (tertiary/aromatic N) is 6. The molecule has 0 fully saturated rings. The summed E-state index contributed by atoms with van der Waals surface area (Å²) in [7, 11) is 7.21. The number of rotatable bonds is 25. The van der Waals surface area contributed by atoms with Gasteiger partial charge < -0.3 is 36.0 Å². The summed E-state index contributed by atoms with van der Waals surface area (Å²) in [5, 5.41) is 29.8. The van der Waals surface area contributed by atoms with Crippen molar-refractivity contribution < 1.29 is 23.8 Å². The summed E-state index contributed by atoms with van der Waals surface area (Å²) in [6.07, 6.45) is 3.20. The van der Waals surface area contributed by atoms with E-state index in [0.717, 1.165) is 148 Å². The summed E-state index contributed by atoms with van der Waals surface area (Å²) in [6, 6.07) is 111. The molecular formula is C108H105BrN10O5. The van der Waals surface area contributed by atoms with Gasteiger partial charge in [0.25, 0.3) is 23.6 Å². The molecule has 0 bridgehead atoms. The van der Waals surface area contributed by atoms with E-state index in [1.165, 1.54) is 0 Å². The number of halogens is 1. The number of alkyl halides is 1. The number of benzene rings is 12. The van der Waals surface area contributed by atoms with Gasteiger partial charge in [-0.3, -0.25) is 19.2 Å². The molecule has 12 aromatic carbocycles. The van der Waals surface area contributed by atoms with Crippen LogP contribution in [-0.4, -0.2) is 81.3 Å². The van der Waals surface area contributed by atoms with Gasteiger partial charge >= 0.3 is 0 Å². The van der Waals surface area contributed by atoms with Crippen LogP contribution < -0.4 is 21.3 Å². The third kappa shape index (κ3) is 21.5. The van der Waals surface area contributed by atoms with E-state index in [9.17, 15) is 24.4 Å². The van der Waals surface area contributed by atoms with Crippen LogP contribution in [0.15, 0.2) is 340 Å². The van der Waals surface area contributed by atoms with Crippen LogP contribution in [-0.2, 0) is 18.4 Å². The van der Waals surface area contributed by atoms with Gasteiger partial charge in [-0.05, 0) is 98.8 Å². The van der Waals surface area contributed by atoms with E-state index in [1.807, 2.05) is 312 Å². The molecule has 124 heavy (non-hydrogen) atoms. The molecule has 16 heteroatoms. The molecule has 4 amide bonds. The van der Waals surface area contributed by atoms with Crippen LogP contribution >= 0.6 is 15.9 Å². The van der Waals surface area contributed by atoms with Gasteiger partial charge in [-0.2, -0.15) is 0 Å². The average Bonchev–Trinajstić information content (AvgIpc) is 0.769. The van der Waals surface area contributed by atoms with Crippen LogP contribution in [0.1, 0.15) is 163 Å². The fraction of sp³-hybridized carbons (Fsp3) is 0.185. The largest absolute Gasteiger partial charge is 0.633 e. The molecule has 16 aromatic rings. The first-order valence-electron chi connectivity index (χ1n) is 42.4. The van der Waals surface area contributed by atoms with Crippen molar-refractivity contribution >= 4 is 83.2 Å². The van der Waals surface area contributed by atoms with Gasteiger partial charge in [0.05, 0.1) is 105 Å². The Kier molecular flexibility index (Phi) is 30.2. The second-order valence-corrected chi connectivity index (χ2v) is 32.0. The Morgan fingerprint density at radius 1 is 0.323 bits per heavy atom. The van der Waals surface area contributed by atoms with E-state index in [1.54, 1.807) is 14.1 Å². The van der Waals surface area contributed by atoms with Crippen molar-refractivity contribution in [2.75, 3.05) is 28.2 Å². The molecule has 624 valence electrons. The van der Waals surface area contributed by atoms with Crippen molar-refractivity contribution in [1.82, 2.24) is 46.1 Å². The number of hydroxylamine groups is 3. The number of hydrogen-bond donors (Lipinski definition) is 4. The molecule has 0 spiro atoms. The molecule has 0 saturated carbocycles. The lowest BCUT2D eigenvalue weighted by atomic mass is 9.95. The minimum Gasteiger partial charge on any atom is -0.633 e. The first kappa shape index (κ1) is 88.3. The van der Waals surface area contributed by atoms with Crippen LogP contribution in [0.25, 0.3) is 88.6 Å². The van der Waals surface area contributed by atoms with Crippen molar-refractivity contribution in [3.8, 4) is 45.0 Å². The van der Waals surface area contributed by atoms with E-state index in [2.05, 4.69) is 118 Å². The zero-order chi connectivity index (χ0) is 87.1. The molecule has 0 saturated heterocycles. The van der Waals surface area contributed by atoms with Gasteiger partial charge in [-0.25, -0.2) is 19.9 Å². The first-order valence-corrected chi connectivity index (χ1v) is 43.5. The smallest absolute Gasteiger partial charge is 0.253 e. The van der Waals surface area contributed by atoms with Gasteiger partial charge in [-0.15, -0.1) is 0 Å². The molecule has 0 aliphatic carbocycles. The molecular weight excluding hydrogens is 1600 g/mol. The molecule has 15 nitrogen and oxygen atoms in total. The summed E-state index contributed by atoms with van der Waals surface area (Å²) in [5.74, 6) is -0.386. The number of carbonyl (C=O) groups is 4. The molecule has 4 N–H and O–H groups in total. The first-order chi connectivity index (χ1) is 60.4.